The fourth-order valence-corrected chi connectivity index (χ4v) is 2.21. The van der Waals surface area contributed by atoms with Gasteiger partial charge in [-0.3, -0.25) is 14.4 Å². The lowest BCUT2D eigenvalue weighted by molar-refractivity contribution is -0.155. The lowest BCUT2D eigenvalue weighted by atomic mass is 9.99. The Kier molecular flexibility index (Phi) is 4.54. The van der Waals surface area contributed by atoms with Gasteiger partial charge >= 0.3 is 0 Å². The summed E-state index contributed by atoms with van der Waals surface area (Å²) in [4.78, 5) is 36.0. The zero-order chi connectivity index (χ0) is 15.4. The van der Waals surface area contributed by atoms with E-state index in [1.807, 2.05) is 18.2 Å². The van der Waals surface area contributed by atoms with Crippen molar-refractivity contribution in [1.82, 2.24) is 10.2 Å². The SMILES string of the molecule is CN(CC(N)=O)C(=O)[C@H]1OCC(=O)N[C@@H]1c1ccccc1. The number of hydrogen-bond donors (Lipinski definition) is 2. The summed E-state index contributed by atoms with van der Waals surface area (Å²) >= 11 is 0. The average Bonchev–Trinajstić information content (AvgIpc) is 2.46. The first-order valence-electron chi connectivity index (χ1n) is 6.48. The fraction of sp³-hybridized carbons (Fsp3) is 0.357. The van der Waals surface area contributed by atoms with Crippen LogP contribution in [0.25, 0.3) is 0 Å². The van der Waals surface area contributed by atoms with E-state index in [4.69, 9.17) is 10.5 Å². The van der Waals surface area contributed by atoms with Crippen LogP contribution in [0, 0.1) is 0 Å². The number of nitrogens with zero attached hydrogens (tertiary/aromatic N) is 1. The van der Waals surface area contributed by atoms with Crippen molar-refractivity contribution < 1.29 is 19.1 Å². The summed E-state index contributed by atoms with van der Waals surface area (Å²) in [7, 11) is 1.47. The minimum Gasteiger partial charge on any atom is -0.368 e. The van der Waals surface area contributed by atoms with Gasteiger partial charge in [-0.1, -0.05) is 30.3 Å². The highest BCUT2D eigenvalue weighted by atomic mass is 16.5. The molecule has 1 heterocycles. The van der Waals surface area contributed by atoms with Crippen LogP contribution in [0.2, 0.25) is 0 Å². The summed E-state index contributed by atoms with van der Waals surface area (Å²) in [6.45, 7) is -0.391. The van der Waals surface area contributed by atoms with E-state index in [1.54, 1.807) is 12.1 Å². The highest BCUT2D eigenvalue weighted by Gasteiger charge is 2.37. The summed E-state index contributed by atoms with van der Waals surface area (Å²) in [6.07, 6.45) is -0.880. The molecule has 1 fully saturated rings. The van der Waals surface area contributed by atoms with Gasteiger partial charge in [0.25, 0.3) is 5.91 Å². The first-order valence-corrected chi connectivity index (χ1v) is 6.48. The molecule has 1 aromatic rings. The molecule has 1 saturated heterocycles. The maximum absolute atomic E-state index is 12.4. The van der Waals surface area contributed by atoms with Crippen LogP contribution in [0.4, 0.5) is 0 Å². The van der Waals surface area contributed by atoms with Crippen molar-refractivity contribution >= 4 is 17.7 Å². The number of carbonyl (C=O) groups is 3. The second kappa shape index (κ2) is 6.36. The molecule has 0 bridgehead atoms. The van der Waals surface area contributed by atoms with Crippen LogP contribution in [-0.4, -0.2) is 48.9 Å². The first kappa shape index (κ1) is 15.0. The highest BCUT2D eigenvalue weighted by Crippen LogP contribution is 2.23. The summed E-state index contributed by atoms with van der Waals surface area (Å²) in [5, 5.41) is 2.74. The van der Waals surface area contributed by atoms with Gasteiger partial charge in [0.2, 0.25) is 11.8 Å². The van der Waals surface area contributed by atoms with Crippen molar-refractivity contribution in [2.45, 2.75) is 12.1 Å². The third-order valence-electron chi connectivity index (χ3n) is 3.18. The van der Waals surface area contributed by atoms with E-state index < -0.39 is 24.0 Å². The van der Waals surface area contributed by atoms with E-state index in [9.17, 15) is 14.4 Å². The molecule has 112 valence electrons. The van der Waals surface area contributed by atoms with E-state index in [2.05, 4.69) is 5.32 Å². The maximum atomic E-state index is 12.4. The van der Waals surface area contributed by atoms with Crippen molar-refractivity contribution in [3.05, 3.63) is 35.9 Å². The van der Waals surface area contributed by atoms with Gasteiger partial charge in [-0.25, -0.2) is 0 Å². The predicted molar refractivity (Wildman–Crippen MR) is 73.9 cm³/mol. The van der Waals surface area contributed by atoms with Gasteiger partial charge in [-0.2, -0.15) is 0 Å². The molecule has 0 saturated carbocycles. The Morgan fingerprint density at radius 2 is 2.05 bits per heavy atom. The normalized spacial score (nSPS) is 21.5. The minimum absolute atomic E-state index is 0.190. The van der Waals surface area contributed by atoms with Crippen molar-refractivity contribution in [2.24, 2.45) is 5.73 Å². The number of nitrogens with one attached hydrogen (secondary N) is 1. The number of rotatable bonds is 4. The van der Waals surface area contributed by atoms with Gasteiger partial charge in [0.05, 0.1) is 12.6 Å². The molecule has 21 heavy (non-hydrogen) atoms. The number of benzene rings is 1. The zero-order valence-corrected chi connectivity index (χ0v) is 11.6. The number of primary amides is 1. The lowest BCUT2D eigenvalue weighted by Crippen LogP contribution is -2.53. The van der Waals surface area contributed by atoms with Crippen LogP contribution < -0.4 is 11.1 Å². The molecule has 1 aromatic carbocycles. The highest BCUT2D eigenvalue weighted by molar-refractivity contribution is 5.89. The molecule has 2 rings (SSSR count). The zero-order valence-electron chi connectivity index (χ0n) is 11.6. The van der Waals surface area contributed by atoms with Crippen LogP contribution in [-0.2, 0) is 19.1 Å². The Labute approximate surface area is 122 Å². The van der Waals surface area contributed by atoms with Crippen molar-refractivity contribution in [3.63, 3.8) is 0 Å². The summed E-state index contributed by atoms with van der Waals surface area (Å²) < 4.78 is 5.37. The number of likely N-dealkylation sites (N-methyl/N-ethyl adjacent to an activating group) is 1. The van der Waals surface area contributed by atoms with E-state index in [1.165, 1.54) is 11.9 Å². The van der Waals surface area contributed by atoms with Crippen LogP contribution in [0.15, 0.2) is 30.3 Å². The molecule has 1 aliphatic heterocycles. The van der Waals surface area contributed by atoms with Gasteiger partial charge in [-0.05, 0) is 5.56 Å². The Morgan fingerprint density at radius 1 is 1.38 bits per heavy atom. The molecule has 7 heteroatoms. The molecule has 2 atom stereocenters. The Morgan fingerprint density at radius 3 is 2.67 bits per heavy atom. The van der Waals surface area contributed by atoms with Gasteiger partial charge in [0.1, 0.15) is 6.61 Å². The molecule has 3 N–H and O–H groups in total. The second-order valence-corrected chi connectivity index (χ2v) is 4.85. The molecule has 0 aliphatic carbocycles. The quantitative estimate of drug-likeness (QED) is 0.757. The van der Waals surface area contributed by atoms with Crippen molar-refractivity contribution in [3.8, 4) is 0 Å². The van der Waals surface area contributed by atoms with Gasteiger partial charge in [0.15, 0.2) is 6.10 Å². The molecular weight excluding hydrogens is 274 g/mol. The van der Waals surface area contributed by atoms with Crippen LogP contribution in [0.5, 0.6) is 0 Å². The lowest BCUT2D eigenvalue weighted by Gasteiger charge is -2.33. The van der Waals surface area contributed by atoms with Gasteiger partial charge in [0, 0.05) is 7.05 Å². The second-order valence-electron chi connectivity index (χ2n) is 4.85. The number of amides is 3. The topological polar surface area (TPSA) is 102 Å². The monoisotopic (exact) mass is 291 g/mol. The van der Waals surface area contributed by atoms with E-state index in [0.29, 0.717) is 0 Å². The largest absolute Gasteiger partial charge is 0.368 e. The smallest absolute Gasteiger partial charge is 0.254 e. The Bertz CT molecular complexity index is 546. The summed E-state index contributed by atoms with van der Waals surface area (Å²) in [5.74, 6) is -1.30. The van der Waals surface area contributed by atoms with Gasteiger partial charge in [-0.15, -0.1) is 0 Å². The van der Waals surface area contributed by atoms with E-state index >= 15 is 0 Å². The van der Waals surface area contributed by atoms with E-state index in [-0.39, 0.29) is 19.1 Å². The molecule has 7 nitrogen and oxygen atoms in total. The number of carbonyl (C=O) groups excluding carboxylic acids is 3. The van der Waals surface area contributed by atoms with Crippen LogP contribution in [0.3, 0.4) is 0 Å². The third-order valence-corrected chi connectivity index (χ3v) is 3.18. The standard InChI is InChI=1S/C14H17N3O4/c1-17(7-10(15)18)14(20)13-12(16-11(19)8-21-13)9-5-3-2-4-6-9/h2-6,12-13H,7-8H2,1H3,(H2,15,18)(H,16,19)/t12-,13+/m1/s1. The number of nitrogens with two attached hydrogens (primary N) is 1. The molecule has 0 aromatic heterocycles. The molecular formula is C14H17N3O4. The summed E-state index contributed by atoms with van der Waals surface area (Å²) in [6, 6.07) is 8.47. The predicted octanol–water partition coefficient (Wildman–Crippen LogP) is -0.814. The maximum Gasteiger partial charge on any atom is 0.254 e. The molecule has 0 radical (unpaired) electrons. The van der Waals surface area contributed by atoms with Gasteiger partial charge < -0.3 is 20.7 Å². The Hall–Kier alpha value is -2.41. The van der Waals surface area contributed by atoms with Crippen LogP contribution >= 0.6 is 0 Å². The molecule has 0 unspecified atom stereocenters. The molecule has 1 aliphatic rings. The number of ether oxygens (including phenoxy) is 1. The number of morpholine rings is 1. The van der Waals surface area contributed by atoms with E-state index in [0.717, 1.165) is 5.56 Å². The van der Waals surface area contributed by atoms with Crippen molar-refractivity contribution in [1.29, 1.82) is 0 Å². The molecule has 3 amide bonds. The summed E-state index contributed by atoms with van der Waals surface area (Å²) in [5.41, 5.74) is 5.85. The third kappa shape index (κ3) is 3.57. The minimum atomic E-state index is -0.880. The van der Waals surface area contributed by atoms with Crippen molar-refractivity contribution in [2.75, 3.05) is 20.2 Å². The average molecular weight is 291 g/mol. The molecule has 0 spiro atoms. The fourth-order valence-electron chi connectivity index (χ4n) is 2.21. The number of hydrogen-bond acceptors (Lipinski definition) is 4. The van der Waals surface area contributed by atoms with Crippen LogP contribution in [0.1, 0.15) is 11.6 Å². The Balaban J connectivity index is 2.21. The first-order chi connectivity index (χ1) is 9.99.